The summed E-state index contributed by atoms with van der Waals surface area (Å²) in [6, 6.07) is 6.47. The molecule has 9 heteroatoms. The smallest absolute Gasteiger partial charge is 0.339 e. The van der Waals surface area contributed by atoms with Crippen molar-refractivity contribution in [2.24, 2.45) is 5.92 Å². The summed E-state index contributed by atoms with van der Waals surface area (Å²) in [6.07, 6.45) is -2.80. The predicted octanol–water partition coefficient (Wildman–Crippen LogP) is 5.35. The maximum Gasteiger partial charge on any atom is 0.416 e. The molecule has 0 aliphatic carbocycles. The van der Waals surface area contributed by atoms with Crippen LogP contribution in [0.25, 0.3) is 0 Å². The van der Waals surface area contributed by atoms with Crippen molar-refractivity contribution >= 4 is 17.6 Å². The summed E-state index contributed by atoms with van der Waals surface area (Å²) in [5.74, 6) is -0.463. The van der Waals surface area contributed by atoms with Crippen molar-refractivity contribution in [1.82, 2.24) is 10.2 Å². The first-order valence-corrected chi connectivity index (χ1v) is 10.3. The highest BCUT2D eigenvalue weighted by Gasteiger charge is 2.33. The molecular weight excluding hydrogens is 426 g/mol. The Balaban J connectivity index is 1.62. The Morgan fingerprint density at radius 3 is 2.41 bits per heavy atom. The number of nitrogens with one attached hydrogen (secondary N) is 2. The van der Waals surface area contributed by atoms with Crippen LogP contribution >= 0.6 is 0 Å². The molecule has 0 aromatic heterocycles. The number of piperidine rings is 1. The summed E-state index contributed by atoms with van der Waals surface area (Å²) in [5.41, 5.74) is 0.214. The Kier molecular flexibility index (Phi) is 7.06. The Morgan fingerprint density at radius 2 is 1.78 bits per heavy atom. The Bertz CT molecular complexity index is 999. The second-order valence-electron chi connectivity index (χ2n) is 8.11. The normalized spacial score (nSPS) is 14.9. The summed E-state index contributed by atoms with van der Waals surface area (Å²) in [6.45, 7) is 4.89. The number of hydrogen-bond donors (Lipinski definition) is 2. The number of amides is 3. The average molecular weight is 451 g/mol. The molecule has 0 atom stereocenters. The van der Waals surface area contributed by atoms with Crippen molar-refractivity contribution < 1.29 is 27.2 Å². The summed E-state index contributed by atoms with van der Waals surface area (Å²) in [4.78, 5) is 26.7. The van der Waals surface area contributed by atoms with Gasteiger partial charge in [0.25, 0.3) is 5.91 Å². The number of aryl methyl sites for hydroxylation is 1. The number of hydrogen-bond acceptors (Lipinski definition) is 2. The molecule has 3 rings (SSSR count). The van der Waals surface area contributed by atoms with Gasteiger partial charge in [-0.3, -0.25) is 4.79 Å². The molecule has 0 spiro atoms. The number of anilines is 1. The zero-order chi connectivity index (χ0) is 23.5. The fraction of sp³-hybridized carbons (Fsp3) is 0.391. The third-order valence-electron chi connectivity index (χ3n) is 5.61. The largest absolute Gasteiger partial charge is 0.416 e. The van der Waals surface area contributed by atoms with Crippen molar-refractivity contribution in [1.29, 1.82) is 0 Å². The number of nitrogens with zero attached hydrogens (tertiary/aromatic N) is 1. The van der Waals surface area contributed by atoms with E-state index in [1.54, 1.807) is 25.1 Å². The van der Waals surface area contributed by atoms with Gasteiger partial charge in [-0.1, -0.05) is 13.0 Å². The molecule has 1 fully saturated rings. The molecule has 1 aliphatic rings. The molecule has 1 aliphatic heterocycles. The average Bonchev–Trinajstić information content (AvgIpc) is 2.73. The van der Waals surface area contributed by atoms with Crippen molar-refractivity contribution in [3.8, 4) is 0 Å². The van der Waals surface area contributed by atoms with Gasteiger partial charge in [-0.25, -0.2) is 9.18 Å². The fourth-order valence-electron chi connectivity index (χ4n) is 3.64. The number of carbonyl (C=O) groups excluding carboxylic acids is 2. The van der Waals surface area contributed by atoms with Gasteiger partial charge >= 0.3 is 12.2 Å². The number of benzene rings is 2. The van der Waals surface area contributed by atoms with E-state index in [0.717, 1.165) is 25.0 Å². The van der Waals surface area contributed by atoms with Crippen molar-refractivity contribution in [2.75, 3.05) is 18.4 Å². The van der Waals surface area contributed by atoms with E-state index in [4.69, 9.17) is 0 Å². The van der Waals surface area contributed by atoms with Crippen LogP contribution in [0, 0.1) is 18.7 Å². The van der Waals surface area contributed by atoms with Crippen LogP contribution in [0.2, 0.25) is 0 Å². The molecule has 32 heavy (non-hydrogen) atoms. The van der Waals surface area contributed by atoms with E-state index >= 15 is 0 Å². The number of halogens is 4. The van der Waals surface area contributed by atoms with Crippen molar-refractivity contribution in [3.63, 3.8) is 0 Å². The molecule has 2 N–H and O–H groups in total. The number of urea groups is 1. The van der Waals surface area contributed by atoms with E-state index in [1.165, 1.54) is 0 Å². The summed E-state index contributed by atoms with van der Waals surface area (Å²) in [5, 5.41) is 4.92. The molecule has 1 saturated heterocycles. The first-order valence-electron chi connectivity index (χ1n) is 10.3. The van der Waals surface area contributed by atoms with Crippen LogP contribution in [-0.4, -0.2) is 29.9 Å². The molecular formula is C23H25F4N3O2. The van der Waals surface area contributed by atoms with Crippen LogP contribution in [0.3, 0.4) is 0 Å². The second kappa shape index (κ2) is 9.58. The van der Waals surface area contributed by atoms with Gasteiger partial charge in [-0.2, -0.15) is 13.2 Å². The molecule has 1 heterocycles. The SMILES string of the molecule is Cc1cc(C(=O)N2CCC(C)CC2)ccc1NC(=O)NCc1ccc(F)cc1C(F)(F)F. The maximum atomic E-state index is 13.2. The van der Waals surface area contributed by atoms with Gasteiger partial charge in [-0.05, 0) is 67.1 Å². The topological polar surface area (TPSA) is 61.4 Å². The van der Waals surface area contributed by atoms with Crippen LogP contribution in [0.5, 0.6) is 0 Å². The quantitative estimate of drug-likeness (QED) is 0.616. The molecule has 0 unspecified atom stereocenters. The zero-order valence-corrected chi connectivity index (χ0v) is 17.9. The Labute approximate surface area is 183 Å². The van der Waals surface area contributed by atoms with Crippen molar-refractivity contribution in [2.45, 2.75) is 39.4 Å². The number of rotatable bonds is 4. The summed E-state index contributed by atoms with van der Waals surface area (Å²) >= 11 is 0. The highest BCUT2D eigenvalue weighted by atomic mass is 19.4. The maximum absolute atomic E-state index is 13.2. The Morgan fingerprint density at radius 1 is 1.09 bits per heavy atom. The predicted molar refractivity (Wildman–Crippen MR) is 113 cm³/mol. The van der Waals surface area contributed by atoms with E-state index in [9.17, 15) is 27.2 Å². The highest BCUT2D eigenvalue weighted by molar-refractivity contribution is 5.96. The summed E-state index contributed by atoms with van der Waals surface area (Å²) in [7, 11) is 0. The van der Waals surface area contributed by atoms with E-state index in [2.05, 4.69) is 17.6 Å². The van der Waals surface area contributed by atoms with Crippen LogP contribution in [0.4, 0.5) is 28.0 Å². The standard InChI is InChI=1S/C23H25F4N3O2/c1-14-7-9-30(10-8-14)21(31)16-4-6-20(15(2)11-16)29-22(32)28-13-17-3-5-18(24)12-19(17)23(25,26)27/h3-6,11-12,14H,7-10,13H2,1-2H3,(H2,28,29,32). The molecule has 5 nitrogen and oxygen atoms in total. The van der Waals surface area contributed by atoms with Crippen LogP contribution in [0.1, 0.15) is 46.8 Å². The minimum absolute atomic E-state index is 0.0630. The third-order valence-corrected chi connectivity index (χ3v) is 5.61. The lowest BCUT2D eigenvalue weighted by Gasteiger charge is -2.30. The number of alkyl halides is 3. The first-order chi connectivity index (χ1) is 15.0. The zero-order valence-electron chi connectivity index (χ0n) is 17.9. The van der Waals surface area contributed by atoms with E-state index in [1.807, 2.05) is 4.90 Å². The van der Waals surface area contributed by atoms with Gasteiger partial charge in [0, 0.05) is 30.9 Å². The molecule has 0 saturated carbocycles. The van der Waals surface area contributed by atoms with Gasteiger partial charge in [-0.15, -0.1) is 0 Å². The third kappa shape index (κ3) is 5.77. The minimum Gasteiger partial charge on any atom is -0.339 e. The number of likely N-dealkylation sites (tertiary alicyclic amines) is 1. The lowest BCUT2D eigenvalue weighted by Crippen LogP contribution is -2.37. The van der Waals surface area contributed by atoms with Crippen LogP contribution < -0.4 is 10.6 Å². The van der Waals surface area contributed by atoms with E-state index in [0.29, 0.717) is 41.9 Å². The molecule has 2 aromatic carbocycles. The van der Waals surface area contributed by atoms with Crippen molar-refractivity contribution in [3.05, 3.63) is 64.5 Å². The minimum atomic E-state index is -4.74. The van der Waals surface area contributed by atoms with E-state index in [-0.39, 0.29) is 11.5 Å². The molecule has 0 radical (unpaired) electrons. The van der Waals surface area contributed by atoms with Crippen LogP contribution in [-0.2, 0) is 12.7 Å². The van der Waals surface area contributed by atoms with Gasteiger partial charge in [0.15, 0.2) is 0 Å². The van der Waals surface area contributed by atoms with Gasteiger partial charge < -0.3 is 15.5 Å². The number of carbonyl (C=O) groups is 2. The fourth-order valence-corrected chi connectivity index (χ4v) is 3.64. The molecule has 172 valence electrons. The molecule has 3 amide bonds. The van der Waals surface area contributed by atoms with Gasteiger partial charge in [0.05, 0.1) is 5.56 Å². The molecule has 2 aromatic rings. The lowest BCUT2D eigenvalue weighted by molar-refractivity contribution is -0.138. The molecule has 0 bridgehead atoms. The van der Waals surface area contributed by atoms with Gasteiger partial charge in [0.1, 0.15) is 5.82 Å². The highest BCUT2D eigenvalue weighted by Crippen LogP contribution is 2.32. The first kappa shape index (κ1) is 23.6. The monoisotopic (exact) mass is 451 g/mol. The lowest BCUT2D eigenvalue weighted by atomic mass is 9.98. The van der Waals surface area contributed by atoms with Crippen LogP contribution in [0.15, 0.2) is 36.4 Å². The second-order valence-corrected chi connectivity index (χ2v) is 8.11. The van der Waals surface area contributed by atoms with E-state index < -0.39 is 30.1 Å². The Hall–Kier alpha value is -3.10. The van der Waals surface area contributed by atoms with Gasteiger partial charge in [0.2, 0.25) is 0 Å². The summed E-state index contributed by atoms with van der Waals surface area (Å²) < 4.78 is 52.5.